The van der Waals surface area contributed by atoms with Gasteiger partial charge in [0.15, 0.2) is 0 Å². The first-order valence-electron chi connectivity index (χ1n) is 5.48. The van der Waals surface area contributed by atoms with E-state index >= 15 is 0 Å². The Balaban J connectivity index is 2.20. The number of hydrogen-bond acceptors (Lipinski definition) is 3. The number of hydrogen-bond donors (Lipinski definition) is 1. The second kappa shape index (κ2) is 4.95. The molecule has 5 heteroatoms. The topological polar surface area (TPSA) is 50.8 Å². The Kier molecular flexibility index (Phi) is 3.37. The van der Waals surface area contributed by atoms with Crippen molar-refractivity contribution in [3.63, 3.8) is 0 Å². The van der Waals surface area contributed by atoms with Crippen LogP contribution in [0.25, 0.3) is 0 Å². The summed E-state index contributed by atoms with van der Waals surface area (Å²) in [5, 5.41) is 2.77. The van der Waals surface area contributed by atoms with Crippen LogP contribution in [0.3, 0.4) is 0 Å². The van der Waals surface area contributed by atoms with Crippen molar-refractivity contribution in [2.24, 2.45) is 0 Å². The quantitative estimate of drug-likeness (QED) is 0.855. The Hall–Kier alpha value is -1.91. The lowest BCUT2D eigenvalue weighted by atomic mass is 10.1. The summed E-state index contributed by atoms with van der Waals surface area (Å²) < 4.78 is 10.4. The maximum absolute atomic E-state index is 11.5. The minimum absolute atomic E-state index is 0.0325. The molecular formula is C12H16N2O3. The highest BCUT2D eigenvalue weighted by molar-refractivity contribution is 5.76. The average molecular weight is 236 g/mol. The van der Waals surface area contributed by atoms with Gasteiger partial charge in [-0.05, 0) is 18.2 Å². The molecule has 0 unspecified atom stereocenters. The van der Waals surface area contributed by atoms with E-state index in [4.69, 9.17) is 9.47 Å². The number of nitrogens with one attached hydrogen (secondary N) is 1. The van der Waals surface area contributed by atoms with E-state index in [1.807, 2.05) is 18.2 Å². The van der Waals surface area contributed by atoms with Crippen LogP contribution in [0.15, 0.2) is 18.2 Å². The van der Waals surface area contributed by atoms with Crippen molar-refractivity contribution >= 4 is 6.03 Å². The highest BCUT2D eigenvalue weighted by Gasteiger charge is 2.20. The molecule has 1 fully saturated rings. The molecule has 1 aromatic carbocycles. The zero-order valence-corrected chi connectivity index (χ0v) is 10.0. The Morgan fingerprint density at radius 2 is 2.18 bits per heavy atom. The molecule has 1 aliphatic heterocycles. The summed E-state index contributed by atoms with van der Waals surface area (Å²) in [7, 11) is 3.24. The maximum atomic E-state index is 11.5. The zero-order chi connectivity index (χ0) is 12.3. The number of rotatable bonds is 4. The van der Waals surface area contributed by atoms with Crippen molar-refractivity contribution < 1.29 is 14.3 Å². The molecule has 1 saturated heterocycles. The van der Waals surface area contributed by atoms with Gasteiger partial charge in [-0.15, -0.1) is 0 Å². The Bertz CT molecular complexity index is 420. The van der Waals surface area contributed by atoms with Gasteiger partial charge < -0.3 is 19.7 Å². The lowest BCUT2D eigenvalue weighted by Gasteiger charge is -2.17. The van der Waals surface area contributed by atoms with Crippen LogP contribution < -0.4 is 14.8 Å². The molecule has 2 rings (SSSR count). The molecule has 1 N–H and O–H groups in total. The molecule has 2 amide bonds. The molecule has 1 heterocycles. The molecule has 92 valence electrons. The van der Waals surface area contributed by atoms with Crippen LogP contribution in [0.4, 0.5) is 4.79 Å². The molecular weight excluding hydrogens is 220 g/mol. The van der Waals surface area contributed by atoms with Gasteiger partial charge in [-0.2, -0.15) is 0 Å². The number of carbonyl (C=O) groups excluding carboxylic acids is 1. The van der Waals surface area contributed by atoms with Crippen molar-refractivity contribution in [2.45, 2.75) is 6.54 Å². The largest absolute Gasteiger partial charge is 0.497 e. The van der Waals surface area contributed by atoms with E-state index in [1.54, 1.807) is 19.1 Å². The van der Waals surface area contributed by atoms with Gasteiger partial charge in [-0.25, -0.2) is 4.79 Å². The zero-order valence-electron chi connectivity index (χ0n) is 10.0. The van der Waals surface area contributed by atoms with Crippen molar-refractivity contribution in [1.82, 2.24) is 10.2 Å². The fraction of sp³-hybridized carbons (Fsp3) is 0.417. The van der Waals surface area contributed by atoms with Crippen LogP contribution in [-0.4, -0.2) is 38.2 Å². The second-order valence-electron chi connectivity index (χ2n) is 3.83. The van der Waals surface area contributed by atoms with E-state index in [-0.39, 0.29) is 6.03 Å². The average Bonchev–Trinajstić information content (AvgIpc) is 2.75. The fourth-order valence-electron chi connectivity index (χ4n) is 1.87. The van der Waals surface area contributed by atoms with Gasteiger partial charge in [0.1, 0.15) is 11.5 Å². The Morgan fingerprint density at radius 1 is 1.35 bits per heavy atom. The number of urea groups is 1. The summed E-state index contributed by atoms with van der Waals surface area (Å²) in [5.74, 6) is 1.53. The molecule has 0 saturated carbocycles. The smallest absolute Gasteiger partial charge is 0.317 e. The van der Waals surface area contributed by atoms with E-state index in [0.717, 1.165) is 23.6 Å². The van der Waals surface area contributed by atoms with Crippen LogP contribution >= 0.6 is 0 Å². The predicted molar refractivity (Wildman–Crippen MR) is 63.4 cm³/mol. The SMILES string of the molecule is COc1ccc(OC)c(CN2CCNC2=O)c1. The van der Waals surface area contributed by atoms with Gasteiger partial charge in [-0.1, -0.05) is 0 Å². The molecule has 0 spiro atoms. The fourth-order valence-corrected chi connectivity index (χ4v) is 1.87. The lowest BCUT2D eigenvalue weighted by molar-refractivity contribution is 0.215. The third-order valence-corrected chi connectivity index (χ3v) is 2.79. The van der Waals surface area contributed by atoms with Gasteiger partial charge in [0.2, 0.25) is 0 Å². The standard InChI is InChI=1S/C12H16N2O3/c1-16-10-3-4-11(17-2)9(7-10)8-14-6-5-13-12(14)15/h3-4,7H,5-6,8H2,1-2H3,(H,13,15). The van der Waals surface area contributed by atoms with Crippen molar-refractivity contribution in [3.05, 3.63) is 23.8 Å². The van der Waals surface area contributed by atoms with Crippen LogP contribution in [0, 0.1) is 0 Å². The number of methoxy groups -OCH3 is 2. The van der Waals surface area contributed by atoms with Crippen LogP contribution in [0.2, 0.25) is 0 Å². The molecule has 0 aromatic heterocycles. The first kappa shape index (κ1) is 11.6. The van der Waals surface area contributed by atoms with Gasteiger partial charge in [-0.3, -0.25) is 0 Å². The summed E-state index contributed by atoms with van der Waals surface area (Å²) in [6.45, 7) is 1.95. The maximum Gasteiger partial charge on any atom is 0.317 e. The van der Waals surface area contributed by atoms with E-state index in [9.17, 15) is 4.79 Å². The third-order valence-electron chi connectivity index (χ3n) is 2.79. The highest BCUT2D eigenvalue weighted by atomic mass is 16.5. The van der Waals surface area contributed by atoms with Crippen LogP contribution in [-0.2, 0) is 6.54 Å². The number of amides is 2. The van der Waals surface area contributed by atoms with Gasteiger partial charge in [0, 0.05) is 18.7 Å². The minimum Gasteiger partial charge on any atom is -0.497 e. The normalized spacial score (nSPS) is 14.7. The lowest BCUT2D eigenvalue weighted by Crippen LogP contribution is -2.27. The van der Waals surface area contributed by atoms with Crippen LogP contribution in [0.5, 0.6) is 11.5 Å². The van der Waals surface area contributed by atoms with Gasteiger partial charge >= 0.3 is 6.03 Å². The third kappa shape index (κ3) is 2.43. The second-order valence-corrected chi connectivity index (χ2v) is 3.83. The van der Waals surface area contributed by atoms with E-state index < -0.39 is 0 Å². The molecule has 1 aromatic rings. The molecule has 1 aliphatic rings. The summed E-state index contributed by atoms with van der Waals surface area (Å²) in [6.07, 6.45) is 0. The molecule has 0 aliphatic carbocycles. The molecule has 0 atom stereocenters. The first-order chi connectivity index (χ1) is 8.24. The van der Waals surface area contributed by atoms with E-state index in [1.165, 1.54) is 0 Å². The number of carbonyl (C=O) groups is 1. The summed E-state index contributed by atoms with van der Waals surface area (Å²) in [6, 6.07) is 5.55. The molecule has 17 heavy (non-hydrogen) atoms. The van der Waals surface area contributed by atoms with Gasteiger partial charge in [0.05, 0.1) is 20.8 Å². The first-order valence-corrected chi connectivity index (χ1v) is 5.48. The minimum atomic E-state index is -0.0325. The summed E-state index contributed by atoms with van der Waals surface area (Å²) in [5.41, 5.74) is 0.948. The predicted octanol–water partition coefficient (Wildman–Crippen LogP) is 1.23. The number of ether oxygens (including phenoxy) is 2. The molecule has 0 bridgehead atoms. The van der Waals surface area contributed by atoms with Crippen molar-refractivity contribution in [3.8, 4) is 11.5 Å². The number of benzene rings is 1. The Morgan fingerprint density at radius 3 is 2.76 bits per heavy atom. The highest BCUT2D eigenvalue weighted by Crippen LogP contribution is 2.25. The van der Waals surface area contributed by atoms with Gasteiger partial charge in [0.25, 0.3) is 0 Å². The summed E-state index contributed by atoms with van der Waals surface area (Å²) in [4.78, 5) is 13.2. The molecule has 0 radical (unpaired) electrons. The van der Waals surface area contributed by atoms with Crippen molar-refractivity contribution in [2.75, 3.05) is 27.3 Å². The summed E-state index contributed by atoms with van der Waals surface area (Å²) >= 11 is 0. The number of nitrogens with zero attached hydrogens (tertiary/aromatic N) is 1. The van der Waals surface area contributed by atoms with E-state index in [2.05, 4.69) is 5.32 Å². The van der Waals surface area contributed by atoms with E-state index in [0.29, 0.717) is 13.1 Å². The monoisotopic (exact) mass is 236 g/mol. The van der Waals surface area contributed by atoms with Crippen molar-refractivity contribution in [1.29, 1.82) is 0 Å². The Labute approximate surface area is 100 Å². The molecule has 5 nitrogen and oxygen atoms in total. The van der Waals surface area contributed by atoms with Crippen LogP contribution in [0.1, 0.15) is 5.56 Å².